The van der Waals surface area contributed by atoms with E-state index in [1.165, 1.54) is 23.3 Å². The number of imidazole rings is 1. The summed E-state index contributed by atoms with van der Waals surface area (Å²) in [6.45, 7) is 2.35. The van der Waals surface area contributed by atoms with E-state index in [9.17, 15) is 14.7 Å². The number of carbonyl (C=O) groups is 2. The van der Waals surface area contributed by atoms with Crippen molar-refractivity contribution < 1.29 is 33.3 Å². The second-order valence-electron chi connectivity index (χ2n) is 10.5. The van der Waals surface area contributed by atoms with Gasteiger partial charge in [-0.05, 0) is 30.7 Å². The maximum atomic E-state index is 15.7. The van der Waals surface area contributed by atoms with E-state index in [4.69, 9.17) is 14.2 Å². The summed E-state index contributed by atoms with van der Waals surface area (Å²) in [6, 6.07) is 12.5. The zero-order valence-corrected chi connectivity index (χ0v) is 25.1. The van der Waals surface area contributed by atoms with Crippen LogP contribution in [-0.4, -0.2) is 67.7 Å². The lowest BCUT2D eigenvalue weighted by Gasteiger charge is -2.30. The summed E-state index contributed by atoms with van der Waals surface area (Å²) in [6.07, 6.45) is 4.29. The van der Waals surface area contributed by atoms with Crippen LogP contribution in [0.1, 0.15) is 41.1 Å². The number of halogens is 1. The van der Waals surface area contributed by atoms with Crippen LogP contribution in [0.5, 0.6) is 11.5 Å². The Morgan fingerprint density at radius 2 is 1.91 bits per heavy atom. The van der Waals surface area contributed by atoms with Gasteiger partial charge in [0.1, 0.15) is 29.3 Å². The van der Waals surface area contributed by atoms with E-state index in [0.717, 1.165) is 22.2 Å². The van der Waals surface area contributed by atoms with Crippen LogP contribution >= 0.6 is 11.3 Å². The molecule has 3 aromatic heterocycles. The number of hydrogen-bond donors (Lipinski definition) is 1. The van der Waals surface area contributed by atoms with Gasteiger partial charge in [0.05, 0.1) is 24.3 Å². The Balaban J connectivity index is 1.24. The topological polar surface area (TPSA) is 121 Å². The Labute approximate surface area is 256 Å². The minimum absolute atomic E-state index is 0.0708. The number of piperidine rings is 1. The highest BCUT2D eigenvalue weighted by Gasteiger charge is 2.27. The highest BCUT2D eigenvalue weighted by Crippen LogP contribution is 2.38. The van der Waals surface area contributed by atoms with Crippen molar-refractivity contribution in [2.45, 2.75) is 32.0 Å². The van der Waals surface area contributed by atoms with Crippen molar-refractivity contribution in [3.8, 4) is 27.6 Å². The Morgan fingerprint density at radius 3 is 2.61 bits per heavy atom. The SMILES string of the molecule is COC(=O)c1sc(-n2cnc3cc(-c4cnn(C)c4)ccc32)cc1OC(C)c1cccc(OC2CCN(C(=O)O)CC2)c1F. The molecule has 2 aromatic carbocycles. The number of methoxy groups -OCH3 is 1. The first-order chi connectivity index (χ1) is 21.2. The maximum absolute atomic E-state index is 15.7. The average Bonchev–Trinajstić information content (AvgIpc) is 3.76. The number of likely N-dealkylation sites (tertiary alicyclic amines) is 1. The van der Waals surface area contributed by atoms with Gasteiger partial charge < -0.3 is 24.2 Å². The minimum atomic E-state index is -0.971. The number of aryl methyl sites for hydroxylation is 1. The molecule has 11 nitrogen and oxygen atoms in total. The van der Waals surface area contributed by atoms with Gasteiger partial charge in [0, 0.05) is 56.4 Å². The van der Waals surface area contributed by atoms with Gasteiger partial charge in [0.25, 0.3) is 0 Å². The van der Waals surface area contributed by atoms with Crippen molar-refractivity contribution in [3.63, 3.8) is 0 Å². The zero-order chi connectivity index (χ0) is 31.0. The molecule has 1 fully saturated rings. The van der Waals surface area contributed by atoms with E-state index in [2.05, 4.69) is 10.1 Å². The number of thiophene rings is 1. The molecular weight excluding hydrogens is 589 g/mol. The number of rotatable bonds is 8. The Hall–Kier alpha value is -4.91. The highest BCUT2D eigenvalue weighted by atomic mass is 32.1. The van der Waals surface area contributed by atoms with Crippen LogP contribution in [-0.2, 0) is 11.8 Å². The quantitative estimate of drug-likeness (QED) is 0.208. The normalized spacial score (nSPS) is 14.5. The lowest BCUT2D eigenvalue weighted by molar-refractivity contribution is 0.0599. The molecule has 0 spiro atoms. The summed E-state index contributed by atoms with van der Waals surface area (Å²) in [5, 5.41) is 14.1. The molecule has 1 amide bonds. The molecule has 0 saturated carbocycles. The predicted octanol–water partition coefficient (Wildman–Crippen LogP) is 6.07. The number of hydrogen-bond acceptors (Lipinski definition) is 8. The lowest BCUT2D eigenvalue weighted by Crippen LogP contribution is -2.41. The molecule has 0 bridgehead atoms. The van der Waals surface area contributed by atoms with E-state index < -0.39 is 24.0 Å². The Kier molecular flexibility index (Phi) is 7.95. The molecular formula is C31H30FN5O6S. The molecule has 4 heterocycles. The summed E-state index contributed by atoms with van der Waals surface area (Å²) in [5.41, 5.74) is 3.81. The van der Waals surface area contributed by atoms with Gasteiger partial charge in [0.15, 0.2) is 16.4 Å². The average molecular weight is 620 g/mol. The second kappa shape index (κ2) is 12.0. The summed E-state index contributed by atoms with van der Waals surface area (Å²) in [4.78, 5) is 30.1. The predicted molar refractivity (Wildman–Crippen MR) is 161 cm³/mol. The third-order valence-corrected chi connectivity index (χ3v) is 8.72. The van der Waals surface area contributed by atoms with Crippen molar-refractivity contribution in [1.29, 1.82) is 0 Å². The molecule has 1 atom stereocenters. The molecule has 6 rings (SSSR count). The van der Waals surface area contributed by atoms with Crippen LogP contribution in [0.2, 0.25) is 0 Å². The van der Waals surface area contributed by atoms with Crippen LogP contribution in [0.25, 0.3) is 27.2 Å². The number of benzene rings is 2. The number of fused-ring (bicyclic) bond motifs is 1. The molecule has 0 radical (unpaired) electrons. The summed E-state index contributed by atoms with van der Waals surface area (Å²) in [5.74, 6) is -0.816. The van der Waals surface area contributed by atoms with E-state index in [-0.39, 0.29) is 28.0 Å². The van der Waals surface area contributed by atoms with Crippen molar-refractivity contribution in [3.05, 3.63) is 77.4 Å². The molecule has 1 unspecified atom stereocenters. The van der Waals surface area contributed by atoms with E-state index in [1.54, 1.807) is 48.4 Å². The fraction of sp³-hybridized carbons (Fsp3) is 0.290. The van der Waals surface area contributed by atoms with Crippen molar-refractivity contribution in [1.82, 2.24) is 24.2 Å². The van der Waals surface area contributed by atoms with E-state index >= 15 is 4.39 Å². The summed E-state index contributed by atoms with van der Waals surface area (Å²) >= 11 is 1.18. The van der Waals surface area contributed by atoms with Crippen LogP contribution in [0.4, 0.5) is 9.18 Å². The Morgan fingerprint density at radius 1 is 1.11 bits per heavy atom. The zero-order valence-electron chi connectivity index (χ0n) is 24.3. The maximum Gasteiger partial charge on any atom is 0.407 e. The molecule has 1 N–H and O–H groups in total. The smallest absolute Gasteiger partial charge is 0.407 e. The van der Waals surface area contributed by atoms with Crippen LogP contribution in [0, 0.1) is 5.82 Å². The third-order valence-electron chi connectivity index (χ3n) is 7.62. The standard InChI is InChI=1S/C31H30FN5O6S/c1-18(22-5-4-6-25(28(22)32)43-21-9-11-36(12-10-21)31(39)40)42-26-14-27(44-29(26)30(38)41-3)37-17-33-23-13-19(7-8-24(23)37)20-15-34-35(2)16-20/h4-8,13-18,21H,9-12H2,1-3H3,(H,39,40). The van der Waals surface area contributed by atoms with Crippen molar-refractivity contribution in [2.24, 2.45) is 7.05 Å². The fourth-order valence-electron chi connectivity index (χ4n) is 5.27. The van der Waals surface area contributed by atoms with Gasteiger partial charge in [-0.25, -0.2) is 19.0 Å². The number of carbonyl (C=O) groups excluding carboxylic acids is 1. The molecule has 13 heteroatoms. The number of esters is 1. The number of ether oxygens (including phenoxy) is 3. The van der Waals surface area contributed by atoms with Gasteiger partial charge in [-0.3, -0.25) is 9.25 Å². The fourth-order valence-corrected chi connectivity index (χ4v) is 6.27. The largest absolute Gasteiger partial charge is 0.487 e. The van der Waals surface area contributed by atoms with Gasteiger partial charge in [-0.1, -0.05) is 18.2 Å². The number of nitrogens with zero attached hydrogens (tertiary/aromatic N) is 5. The second-order valence-corrected chi connectivity index (χ2v) is 11.5. The number of aromatic nitrogens is 4. The molecule has 1 aliphatic rings. The third kappa shape index (κ3) is 5.70. The molecule has 1 aliphatic heterocycles. The van der Waals surface area contributed by atoms with Crippen LogP contribution in [0.3, 0.4) is 0 Å². The van der Waals surface area contributed by atoms with Gasteiger partial charge >= 0.3 is 12.1 Å². The molecule has 5 aromatic rings. The van der Waals surface area contributed by atoms with E-state index in [0.29, 0.717) is 30.9 Å². The molecule has 1 saturated heterocycles. The first-order valence-electron chi connectivity index (χ1n) is 14.0. The summed E-state index contributed by atoms with van der Waals surface area (Å²) < 4.78 is 36.4. The first kappa shape index (κ1) is 29.2. The first-order valence-corrected chi connectivity index (χ1v) is 14.8. The molecule has 44 heavy (non-hydrogen) atoms. The summed E-state index contributed by atoms with van der Waals surface area (Å²) in [7, 11) is 3.16. The van der Waals surface area contributed by atoms with Crippen molar-refractivity contribution >= 4 is 34.4 Å². The lowest BCUT2D eigenvalue weighted by atomic mass is 10.1. The van der Waals surface area contributed by atoms with E-state index in [1.807, 2.05) is 36.0 Å². The number of carboxylic acid groups (broad SMARTS) is 1. The van der Waals surface area contributed by atoms with Gasteiger partial charge in [-0.2, -0.15) is 5.10 Å². The Bertz CT molecular complexity index is 1840. The van der Waals surface area contributed by atoms with Gasteiger partial charge in [-0.15, -0.1) is 11.3 Å². The van der Waals surface area contributed by atoms with Crippen molar-refractivity contribution in [2.75, 3.05) is 20.2 Å². The minimum Gasteiger partial charge on any atom is -0.487 e. The van der Waals surface area contributed by atoms with Gasteiger partial charge in [0.2, 0.25) is 0 Å². The molecule has 0 aliphatic carbocycles. The van der Waals surface area contributed by atoms with Crippen LogP contribution in [0.15, 0.2) is 61.2 Å². The monoisotopic (exact) mass is 619 g/mol. The van der Waals surface area contributed by atoms with Crippen LogP contribution < -0.4 is 9.47 Å². The highest BCUT2D eigenvalue weighted by molar-refractivity contribution is 7.16. The molecule has 228 valence electrons. The number of amides is 1.